The van der Waals surface area contributed by atoms with Gasteiger partial charge in [-0.2, -0.15) is 0 Å². The molecule has 118 valence electrons. The third kappa shape index (κ3) is 4.71. The van der Waals surface area contributed by atoms with E-state index in [9.17, 15) is 5.11 Å². The molecular weight excluding hydrogens is 250 g/mol. The number of hydrogen-bond acceptors (Lipinski definition) is 3. The van der Waals surface area contributed by atoms with Crippen molar-refractivity contribution in [2.45, 2.75) is 95.4 Å². The molecule has 1 saturated heterocycles. The average Bonchev–Trinajstić information content (AvgIpc) is 2.77. The third-order valence-electron chi connectivity index (χ3n) is 5.04. The van der Waals surface area contributed by atoms with Crippen molar-refractivity contribution in [3.05, 3.63) is 0 Å². The first kappa shape index (κ1) is 16.3. The van der Waals surface area contributed by atoms with Gasteiger partial charge in [-0.05, 0) is 58.5 Å². The summed E-state index contributed by atoms with van der Waals surface area (Å²) in [5.74, 6) is 0. The molecule has 1 heterocycles. The Morgan fingerprint density at radius 1 is 1.20 bits per heavy atom. The van der Waals surface area contributed by atoms with Crippen LogP contribution in [-0.2, 0) is 4.74 Å². The SMILES string of the molecule is CCCNCCC(C)(O)CC1CCC2(CCCCC2)O1. The first-order valence-electron chi connectivity index (χ1n) is 8.66. The molecular formula is C17H33NO2. The quantitative estimate of drug-likeness (QED) is 0.704. The molecule has 2 atom stereocenters. The number of nitrogens with one attached hydrogen (secondary N) is 1. The lowest BCUT2D eigenvalue weighted by molar-refractivity contribution is -0.0906. The predicted octanol–water partition coefficient (Wildman–Crippen LogP) is 3.40. The van der Waals surface area contributed by atoms with Gasteiger partial charge in [0.15, 0.2) is 0 Å². The second-order valence-corrected chi connectivity index (χ2v) is 7.22. The summed E-state index contributed by atoms with van der Waals surface area (Å²) in [7, 11) is 0. The molecule has 0 radical (unpaired) electrons. The van der Waals surface area contributed by atoms with E-state index in [0.29, 0.717) is 0 Å². The number of rotatable bonds is 7. The summed E-state index contributed by atoms with van der Waals surface area (Å²) in [4.78, 5) is 0. The Morgan fingerprint density at radius 3 is 2.65 bits per heavy atom. The molecule has 2 fully saturated rings. The van der Waals surface area contributed by atoms with E-state index >= 15 is 0 Å². The molecule has 2 aliphatic rings. The monoisotopic (exact) mass is 283 g/mol. The van der Waals surface area contributed by atoms with Gasteiger partial charge in [-0.3, -0.25) is 0 Å². The number of ether oxygens (including phenoxy) is 1. The van der Waals surface area contributed by atoms with Gasteiger partial charge in [-0.1, -0.05) is 26.2 Å². The van der Waals surface area contributed by atoms with Gasteiger partial charge in [-0.15, -0.1) is 0 Å². The molecule has 0 aromatic heterocycles. The maximum Gasteiger partial charge on any atom is 0.0687 e. The first-order chi connectivity index (χ1) is 9.55. The molecule has 1 saturated carbocycles. The predicted molar refractivity (Wildman–Crippen MR) is 82.9 cm³/mol. The topological polar surface area (TPSA) is 41.5 Å². The molecule has 3 nitrogen and oxygen atoms in total. The van der Waals surface area contributed by atoms with Crippen molar-refractivity contribution in [1.29, 1.82) is 0 Å². The van der Waals surface area contributed by atoms with Gasteiger partial charge < -0.3 is 15.2 Å². The molecule has 1 spiro atoms. The first-order valence-corrected chi connectivity index (χ1v) is 8.66. The Hall–Kier alpha value is -0.120. The van der Waals surface area contributed by atoms with E-state index in [1.807, 2.05) is 6.92 Å². The maximum atomic E-state index is 10.5. The van der Waals surface area contributed by atoms with Crippen molar-refractivity contribution < 1.29 is 9.84 Å². The van der Waals surface area contributed by atoms with Gasteiger partial charge in [0.1, 0.15) is 0 Å². The van der Waals surface area contributed by atoms with Crippen molar-refractivity contribution in [2.24, 2.45) is 0 Å². The van der Waals surface area contributed by atoms with Crippen LogP contribution < -0.4 is 5.32 Å². The zero-order valence-corrected chi connectivity index (χ0v) is 13.4. The van der Waals surface area contributed by atoms with E-state index in [0.717, 1.165) is 38.8 Å². The van der Waals surface area contributed by atoms with Crippen LogP contribution >= 0.6 is 0 Å². The minimum atomic E-state index is -0.592. The maximum absolute atomic E-state index is 10.5. The zero-order chi connectivity index (χ0) is 14.5. The van der Waals surface area contributed by atoms with Crippen LogP contribution in [0.3, 0.4) is 0 Å². The van der Waals surface area contributed by atoms with E-state index in [1.54, 1.807) is 0 Å². The Kier molecular flexibility index (Phi) is 5.88. The smallest absolute Gasteiger partial charge is 0.0687 e. The van der Waals surface area contributed by atoms with E-state index in [1.165, 1.54) is 38.5 Å². The second kappa shape index (κ2) is 7.24. The summed E-state index contributed by atoms with van der Waals surface area (Å²) < 4.78 is 6.37. The summed E-state index contributed by atoms with van der Waals surface area (Å²) in [6.07, 6.45) is 11.9. The lowest BCUT2D eigenvalue weighted by atomic mass is 9.83. The summed E-state index contributed by atoms with van der Waals surface area (Å²) in [6, 6.07) is 0. The Bertz CT molecular complexity index is 285. The molecule has 20 heavy (non-hydrogen) atoms. The number of aliphatic hydroxyl groups is 1. The lowest BCUT2D eigenvalue weighted by Gasteiger charge is -2.34. The molecule has 1 aliphatic heterocycles. The van der Waals surface area contributed by atoms with Crippen LogP contribution in [0.25, 0.3) is 0 Å². The number of hydrogen-bond donors (Lipinski definition) is 2. The average molecular weight is 283 g/mol. The fourth-order valence-electron chi connectivity index (χ4n) is 3.86. The third-order valence-corrected chi connectivity index (χ3v) is 5.04. The standard InChI is InChI=1S/C17H33NO2/c1-3-12-18-13-11-16(2,19)14-15-7-10-17(20-15)8-5-4-6-9-17/h15,18-19H,3-14H2,1-2H3. The molecule has 2 unspecified atom stereocenters. The Labute approximate surface area is 124 Å². The molecule has 0 amide bonds. The van der Waals surface area contributed by atoms with Crippen LogP contribution in [0.2, 0.25) is 0 Å². The van der Waals surface area contributed by atoms with Gasteiger partial charge in [0.2, 0.25) is 0 Å². The molecule has 2 rings (SSSR count). The summed E-state index contributed by atoms with van der Waals surface area (Å²) in [5, 5.41) is 13.9. The molecule has 2 N–H and O–H groups in total. The fourth-order valence-corrected chi connectivity index (χ4v) is 3.86. The van der Waals surface area contributed by atoms with Gasteiger partial charge in [0.05, 0.1) is 17.3 Å². The second-order valence-electron chi connectivity index (χ2n) is 7.22. The summed E-state index contributed by atoms with van der Waals surface area (Å²) in [5.41, 5.74) is -0.412. The van der Waals surface area contributed by atoms with Crippen LogP contribution in [0.1, 0.15) is 78.1 Å². The molecule has 0 bridgehead atoms. The van der Waals surface area contributed by atoms with Crippen LogP contribution in [0.15, 0.2) is 0 Å². The Balaban J connectivity index is 1.72. The van der Waals surface area contributed by atoms with E-state index in [-0.39, 0.29) is 11.7 Å². The van der Waals surface area contributed by atoms with Crippen molar-refractivity contribution >= 4 is 0 Å². The highest BCUT2D eigenvalue weighted by Crippen LogP contribution is 2.43. The summed E-state index contributed by atoms with van der Waals surface area (Å²) >= 11 is 0. The molecule has 0 aromatic carbocycles. The van der Waals surface area contributed by atoms with Gasteiger partial charge in [0, 0.05) is 6.42 Å². The normalized spacial score (nSPS) is 28.6. The van der Waals surface area contributed by atoms with Crippen LogP contribution in [-0.4, -0.2) is 35.5 Å². The minimum Gasteiger partial charge on any atom is -0.390 e. The summed E-state index contributed by atoms with van der Waals surface area (Å²) in [6.45, 7) is 6.08. The van der Waals surface area contributed by atoms with Crippen molar-refractivity contribution in [3.63, 3.8) is 0 Å². The highest BCUT2D eigenvalue weighted by atomic mass is 16.5. The lowest BCUT2D eigenvalue weighted by Crippen LogP contribution is -2.36. The molecule has 3 heteroatoms. The van der Waals surface area contributed by atoms with Gasteiger partial charge >= 0.3 is 0 Å². The van der Waals surface area contributed by atoms with Crippen LogP contribution in [0.4, 0.5) is 0 Å². The Morgan fingerprint density at radius 2 is 1.95 bits per heavy atom. The highest BCUT2D eigenvalue weighted by Gasteiger charge is 2.42. The molecule has 1 aliphatic carbocycles. The van der Waals surface area contributed by atoms with E-state index in [2.05, 4.69) is 12.2 Å². The van der Waals surface area contributed by atoms with E-state index < -0.39 is 5.60 Å². The van der Waals surface area contributed by atoms with Crippen LogP contribution in [0.5, 0.6) is 0 Å². The van der Waals surface area contributed by atoms with Crippen LogP contribution in [0, 0.1) is 0 Å². The minimum absolute atomic E-state index is 0.180. The van der Waals surface area contributed by atoms with Crippen molar-refractivity contribution in [3.8, 4) is 0 Å². The van der Waals surface area contributed by atoms with Gasteiger partial charge in [-0.25, -0.2) is 0 Å². The fraction of sp³-hybridized carbons (Fsp3) is 1.00. The van der Waals surface area contributed by atoms with Crippen molar-refractivity contribution in [1.82, 2.24) is 5.32 Å². The van der Waals surface area contributed by atoms with E-state index in [4.69, 9.17) is 4.74 Å². The highest BCUT2D eigenvalue weighted by molar-refractivity contribution is 4.93. The van der Waals surface area contributed by atoms with Crippen molar-refractivity contribution in [2.75, 3.05) is 13.1 Å². The molecule has 0 aromatic rings. The van der Waals surface area contributed by atoms with Gasteiger partial charge in [0.25, 0.3) is 0 Å². The largest absolute Gasteiger partial charge is 0.390 e. The zero-order valence-electron chi connectivity index (χ0n) is 13.4.